The van der Waals surface area contributed by atoms with Crippen molar-refractivity contribution in [3.8, 4) is 5.75 Å². The number of amides is 2. The monoisotopic (exact) mass is 366 g/mol. The van der Waals surface area contributed by atoms with Gasteiger partial charge >= 0.3 is 0 Å². The van der Waals surface area contributed by atoms with Crippen LogP contribution in [0.4, 0.5) is 14.5 Å². The fraction of sp³-hybridized carbons (Fsp3) is 0.176. The highest BCUT2D eigenvalue weighted by atomic mass is 32.2. The lowest BCUT2D eigenvalue weighted by Gasteiger charge is -2.12. The van der Waals surface area contributed by atoms with Crippen LogP contribution in [0.1, 0.15) is 16.8 Å². The zero-order valence-electron chi connectivity index (χ0n) is 13.1. The summed E-state index contributed by atoms with van der Waals surface area (Å²) in [5.74, 6) is -2.99. The molecule has 2 aromatic carbocycles. The van der Waals surface area contributed by atoms with Gasteiger partial charge in [-0.15, -0.1) is 0 Å². The number of carbonyl (C=O) groups is 2. The molecule has 0 bridgehead atoms. The fourth-order valence-corrected chi connectivity index (χ4v) is 2.44. The van der Waals surface area contributed by atoms with Crippen molar-refractivity contribution in [2.24, 2.45) is 5.73 Å². The summed E-state index contributed by atoms with van der Waals surface area (Å²) in [6.07, 6.45) is 0.0611. The SMILES string of the molecule is NC(=O)CCOc1ccccc1NC(=O)c1ccc(SC(F)F)cc1. The molecule has 0 spiro atoms. The van der Waals surface area contributed by atoms with E-state index >= 15 is 0 Å². The maximum absolute atomic E-state index is 12.3. The van der Waals surface area contributed by atoms with Gasteiger partial charge in [0.25, 0.3) is 11.7 Å². The summed E-state index contributed by atoms with van der Waals surface area (Å²) in [6, 6.07) is 12.6. The molecule has 0 aliphatic heterocycles. The van der Waals surface area contributed by atoms with Crippen LogP contribution in [0, 0.1) is 0 Å². The summed E-state index contributed by atoms with van der Waals surface area (Å²) in [5.41, 5.74) is 5.81. The van der Waals surface area contributed by atoms with Crippen molar-refractivity contribution in [2.75, 3.05) is 11.9 Å². The molecular weight excluding hydrogens is 350 g/mol. The molecule has 0 saturated heterocycles. The zero-order chi connectivity index (χ0) is 18.2. The number of anilines is 1. The molecule has 2 aromatic rings. The second-order valence-corrected chi connectivity index (χ2v) is 5.98. The molecule has 0 saturated carbocycles. The Bertz CT molecular complexity index is 739. The molecular formula is C17H16F2N2O3S. The van der Waals surface area contributed by atoms with E-state index in [2.05, 4.69) is 5.32 Å². The summed E-state index contributed by atoms with van der Waals surface area (Å²) in [7, 11) is 0. The van der Waals surface area contributed by atoms with Crippen molar-refractivity contribution in [2.45, 2.75) is 17.1 Å². The summed E-state index contributed by atoms with van der Waals surface area (Å²) >= 11 is 0.414. The summed E-state index contributed by atoms with van der Waals surface area (Å²) < 4.78 is 30.1. The first kappa shape index (κ1) is 18.7. The Morgan fingerprint density at radius 3 is 2.44 bits per heavy atom. The van der Waals surface area contributed by atoms with Crippen LogP contribution in [0.5, 0.6) is 5.75 Å². The van der Waals surface area contributed by atoms with Crippen molar-refractivity contribution in [3.63, 3.8) is 0 Å². The predicted molar refractivity (Wildman–Crippen MR) is 92.0 cm³/mol. The van der Waals surface area contributed by atoms with Gasteiger partial charge < -0.3 is 15.8 Å². The van der Waals surface area contributed by atoms with Crippen molar-refractivity contribution in [1.29, 1.82) is 0 Å². The van der Waals surface area contributed by atoms with Crippen LogP contribution in [0.15, 0.2) is 53.4 Å². The van der Waals surface area contributed by atoms with Crippen molar-refractivity contribution in [1.82, 2.24) is 0 Å². The number of carbonyl (C=O) groups excluding carboxylic acids is 2. The highest BCUT2D eigenvalue weighted by Crippen LogP contribution is 2.27. The lowest BCUT2D eigenvalue weighted by Crippen LogP contribution is -2.16. The van der Waals surface area contributed by atoms with Gasteiger partial charge in [0.1, 0.15) is 5.75 Å². The van der Waals surface area contributed by atoms with E-state index in [0.717, 1.165) is 0 Å². The third-order valence-electron chi connectivity index (χ3n) is 3.08. The molecule has 0 fully saturated rings. The number of alkyl halides is 2. The van der Waals surface area contributed by atoms with Crippen LogP contribution in [0.2, 0.25) is 0 Å². The minimum atomic E-state index is -2.51. The van der Waals surface area contributed by atoms with E-state index in [4.69, 9.17) is 10.5 Å². The molecule has 0 aliphatic carbocycles. The maximum atomic E-state index is 12.3. The molecule has 0 aromatic heterocycles. The molecule has 0 heterocycles. The summed E-state index contributed by atoms with van der Waals surface area (Å²) in [6.45, 7) is 0.0990. The van der Waals surface area contributed by atoms with Crippen molar-refractivity contribution in [3.05, 3.63) is 54.1 Å². The number of hydrogen-bond donors (Lipinski definition) is 2. The van der Waals surface area contributed by atoms with E-state index in [1.54, 1.807) is 24.3 Å². The number of nitrogens with two attached hydrogens (primary N) is 1. The van der Waals surface area contributed by atoms with Gasteiger partial charge in [-0.2, -0.15) is 8.78 Å². The molecule has 0 aliphatic rings. The number of thioether (sulfide) groups is 1. The number of primary amides is 1. The predicted octanol–water partition coefficient (Wildman–Crippen LogP) is 3.51. The third kappa shape index (κ3) is 6.07. The molecule has 0 unspecified atom stereocenters. The lowest BCUT2D eigenvalue weighted by molar-refractivity contribution is -0.118. The molecule has 0 atom stereocenters. The largest absolute Gasteiger partial charge is 0.491 e. The molecule has 25 heavy (non-hydrogen) atoms. The van der Waals surface area contributed by atoms with Gasteiger partial charge in [0, 0.05) is 10.5 Å². The van der Waals surface area contributed by atoms with Crippen LogP contribution in [-0.2, 0) is 4.79 Å². The smallest absolute Gasteiger partial charge is 0.288 e. The van der Waals surface area contributed by atoms with Gasteiger partial charge in [0.2, 0.25) is 5.91 Å². The molecule has 5 nitrogen and oxygen atoms in total. The Kier molecular flexibility index (Phi) is 6.76. The number of ether oxygens (including phenoxy) is 1. The van der Waals surface area contributed by atoms with E-state index in [0.29, 0.717) is 33.7 Å². The first-order valence-corrected chi connectivity index (χ1v) is 8.20. The molecule has 2 amide bonds. The molecule has 2 rings (SSSR count). The van der Waals surface area contributed by atoms with E-state index in [9.17, 15) is 18.4 Å². The van der Waals surface area contributed by atoms with E-state index < -0.39 is 17.6 Å². The second-order valence-electron chi connectivity index (χ2n) is 4.92. The zero-order valence-corrected chi connectivity index (χ0v) is 13.9. The highest BCUT2D eigenvalue weighted by molar-refractivity contribution is 7.99. The Morgan fingerprint density at radius 1 is 1.12 bits per heavy atom. The topological polar surface area (TPSA) is 81.4 Å². The van der Waals surface area contributed by atoms with Crippen molar-refractivity contribution < 1.29 is 23.1 Å². The van der Waals surface area contributed by atoms with Crippen LogP contribution < -0.4 is 15.8 Å². The standard InChI is InChI=1S/C17H16F2N2O3S/c18-17(19)25-12-7-5-11(6-8-12)16(23)21-13-3-1-2-4-14(13)24-10-9-15(20)22/h1-8,17H,9-10H2,(H2,20,22)(H,21,23). The van der Waals surface area contributed by atoms with Crippen LogP contribution in [0.25, 0.3) is 0 Å². The van der Waals surface area contributed by atoms with E-state index in [-0.39, 0.29) is 13.0 Å². The Morgan fingerprint density at radius 2 is 1.80 bits per heavy atom. The molecule has 3 N–H and O–H groups in total. The van der Waals surface area contributed by atoms with Gasteiger partial charge in [0.15, 0.2) is 0 Å². The summed E-state index contributed by atoms with van der Waals surface area (Å²) in [4.78, 5) is 23.4. The quantitative estimate of drug-likeness (QED) is 0.701. The van der Waals surface area contributed by atoms with Crippen LogP contribution >= 0.6 is 11.8 Å². The van der Waals surface area contributed by atoms with Crippen molar-refractivity contribution >= 4 is 29.3 Å². The second kappa shape index (κ2) is 9.03. The highest BCUT2D eigenvalue weighted by Gasteiger charge is 2.11. The van der Waals surface area contributed by atoms with Crippen LogP contribution in [0.3, 0.4) is 0 Å². The van der Waals surface area contributed by atoms with Gasteiger partial charge in [-0.25, -0.2) is 0 Å². The number of benzene rings is 2. The lowest BCUT2D eigenvalue weighted by atomic mass is 10.2. The van der Waals surface area contributed by atoms with Gasteiger partial charge in [-0.1, -0.05) is 23.9 Å². The van der Waals surface area contributed by atoms with Crippen LogP contribution in [-0.4, -0.2) is 24.2 Å². The van der Waals surface area contributed by atoms with E-state index in [1.807, 2.05) is 0 Å². The van der Waals surface area contributed by atoms with E-state index in [1.165, 1.54) is 24.3 Å². The average Bonchev–Trinajstić information content (AvgIpc) is 2.56. The maximum Gasteiger partial charge on any atom is 0.288 e. The molecule has 8 heteroatoms. The van der Waals surface area contributed by atoms with Gasteiger partial charge in [0.05, 0.1) is 18.7 Å². The molecule has 0 radical (unpaired) electrons. The Balaban J connectivity index is 2.03. The normalized spacial score (nSPS) is 10.5. The third-order valence-corrected chi connectivity index (χ3v) is 3.81. The van der Waals surface area contributed by atoms with Gasteiger partial charge in [-0.3, -0.25) is 9.59 Å². The number of rotatable bonds is 8. The Hall–Kier alpha value is -2.61. The number of halogens is 2. The first-order valence-electron chi connectivity index (χ1n) is 7.32. The minimum Gasteiger partial charge on any atom is -0.491 e. The minimum absolute atomic E-state index is 0.0611. The Labute approximate surface area is 147 Å². The first-order chi connectivity index (χ1) is 12.0. The average molecular weight is 366 g/mol. The number of nitrogens with one attached hydrogen (secondary N) is 1. The number of hydrogen-bond acceptors (Lipinski definition) is 4. The summed E-state index contributed by atoms with van der Waals surface area (Å²) in [5, 5.41) is 2.69. The number of para-hydroxylation sites is 2. The van der Waals surface area contributed by atoms with Gasteiger partial charge in [-0.05, 0) is 36.4 Å². The fourth-order valence-electron chi connectivity index (χ4n) is 1.94. The molecule has 132 valence electrons.